The standard InChI is InChI=1S/C15H21ClN2O3/c1-15(2,3)21-14(20)18(4)10-9-17-13(19)11-5-7-12(16)8-6-11/h5-8H,9-10H2,1-4H3,(H,17,19). The largest absolute Gasteiger partial charge is 0.444 e. The second-order valence-electron chi connectivity index (χ2n) is 5.66. The van der Waals surface area contributed by atoms with E-state index in [1.165, 1.54) is 4.90 Å². The van der Waals surface area contributed by atoms with Gasteiger partial charge in [0.05, 0.1) is 0 Å². The SMILES string of the molecule is CN(CCNC(=O)c1ccc(Cl)cc1)C(=O)OC(C)(C)C. The van der Waals surface area contributed by atoms with Crippen LogP contribution in [0.2, 0.25) is 5.02 Å². The van der Waals surface area contributed by atoms with Gasteiger partial charge >= 0.3 is 6.09 Å². The lowest BCUT2D eigenvalue weighted by Gasteiger charge is -2.24. The van der Waals surface area contributed by atoms with Crippen LogP contribution < -0.4 is 5.32 Å². The van der Waals surface area contributed by atoms with E-state index in [0.29, 0.717) is 23.7 Å². The van der Waals surface area contributed by atoms with Gasteiger partial charge in [-0.2, -0.15) is 0 Å². The van der Waals surface area contributed by atoms with Gasteiger partial charge in [0, 0.05) is 30.7 Å². The Morgan fingerprint density at radius 1 is 1.24 bits per heavy atom. The molecule has 0 aliphatic heterocycles. The summed E-state index contributed by atoms with van der Waals surface area (Å²) in [6.45, 7) is 6.13. The molecule has 1 aromatic carbocycles. The van der Waals surface area contributed by atoms with Crippen molar-refractivity contribution in [1.29, 1.82) is 0 Å². The minimum absolute atomic E-state index is 0.204. The van der Waals surface area contributed by atoms with Crippen molar-refractivity contribution in [3.63, 3.8) is 0 Å². The number of halogens is 1. The molecule has 116 valence electrons. The molecule has 1 rings (SSSR count). The summed E-state index contributed by atoms with van der Waals surface area (Å²) in [6, 6.07) is 6.61. The number of amides is 2. The van der Waals surface area contributed by atoms with E-state index in [-0.39, 0.29) is 5.91 Å². The molecular weight excluding hydrogens is 292 g/mol. The number of nitrogens with one attached hydrogen (secondary N) is 1. The lowest BCUT2D eigenvalue weighted by Crippen LogP contribution is -2.39. The van der Waals surface area contributed by atoms with Crippen LogP contribution in [0, 0.1) is 0 Å². The van der Waals surface area contributed by atoms with Gasteiger partial charge in [-0.1, -0.05) is 11.6 Å². The summed E-state index contributed by atoms with van der Waals surface area (Å²) in [7, 11) is 1.63. The van der Waals surface area contributed by atoms with Gasteiger partial charge in [-0.25, -0.2) is 4.79 Å². The van der Waals surface area contributed by atoms with E-state index in [1.807, 2.05) is 0 Å². The summed E-state index contributed by atoms with van der Waals surface area (Å²) in [6.07, 6.45) is -0.414. The van der Waals surface area contributed by atoms with Crippen molar-refractivity contribution < 1.29 is 14.3 Å². The Hall–Kier alpha value is -1.75. The Kier molecular flexibility index (Phi) is 6.03. The number of benzene rings is 1. The third kappa shape index (κ3) is 6.49. The highest BCUT2D eigenvalue weighted by Crippen LogP contribution is 2.10. The summed E-state index contributed by atoms with van der Waals surface area (Å²) in [4.78, 5) is 25.0. The first-order valence-electron chi connectivity index (χ1n) is 6.67. The maximum absolute atomic E-state index is 11.8. The minimum Gasteiger partial charge on any atom is -0.444 e. The monoisotopic (exact) mass is 312 g/mol. The fourth-order valence-electron chi connectivity index (χ4n) is 1.47. The van der Waals surface area contributed by atoms with Crippen molar-refractivity contribution in [1.82, 2.24) is 10.2 Å². The maximum Gasteiger partial charge on any atom is 0.410 e. The van der Waals surface area contributed by atoms with Crippen molar-refractivity contribution in [3.8, 4) is 0 Å². The van der Waals surface area contributed by atoms with Gasteiger partial charge in [-0.05, 0) is 45.0 Å². The van der Waals surface area contributed by atoms with Crippen LogP contribution in [0.3, 0.4) is 0 Å². The molecule has 0 fully saturated rings. The summed E-state index contributed by atoms with van der Waals surface area (Å²) >= 11 is 5.76. The molecule has 1 N–H and O–H groups in total. The fraction of sp³-hybridized carbons (Fsp3) is 0.467. The predicted molar refractivity (Wildman–Crippen MR) is 82.6 cm³/mol. The number of hydrogen-bond donors (Lipinski definition) is 1. The fourth-order valence-corrected chi connectivity index (χ4v) is 1.60. The van der Waals surface area contributed by atoms with Crippen molar-refractivity contribution in [2.75, 3.05) is 20.1 Å². The molecule has 0 aliphatic rings. The molecule has 0 atom stereocenters. The molecule has 0 saturated heterocycles. The Morgan fingerprint density at radius 3 is 2.33 bits per heavy atom. The molecule has 0 aromatic heterocycles. The molecule has 0 aliphatic carbocycles. The number of hydrogen-bond acceptors (Lipinski definition) is 3. The van der Waals surface area contributed by atoms with E-state index < -0.39 is 11.7 Å². The number of carbonyl (C=O) groups excluding carboxylic acids is 2. The molecule has 0 bridgehead atoms. The summed E-state index contributed by atoms with van der Waals surface area (Å²) in [5.41, 5.74) is -0.00271. The van der Waals surface area contributed by atoms with Gasteiger partial charge in [0.2, 0.25) is 0 Å². The van der Waals surface area contributed by atoms with Crippen LogP contribution in [0.1, 0.15) is 31.1 Å². The smallest absolute Gasteiger partial charge is 0.410 e. The van der Waals surface area contributed by atoms with E-state index >= 15 is 0 Å². The number of likely N-dealkylation sites (N-methyl/N-ethyl adjacent to an activating group) is 1. The van der Waals surface area contributed by atoms with Gasteiger partial charge in [0.1, 0.15) is 5.60 Å². The lowest BCUT2D eigenvalue weighted by atomic mass is 10.2. The molecule has 0 unspecified atom stereocenters. The first kappa shape index (κ1) is 17.3. The van der Waals surface area contributed by atoms with Crippen LogP contribution >= 0.6 is 11.6 Å². The first-order valence-corrected chi connectivity index (χ1v) is 7.05. The van der Waals surface area contributed by atoms with Gasteiger partial charge in [0.15, 0.2) is 0 Å². The molecule has 0 saturated carbocycles. The Labute approximate surface area is 130 Å². The quantitative estimate of drug-likeness (QED) is 0.930. The normalized spacial score (nSPS) is 10.9. The third-order valence-corrected chi connectivity index (χ3v) is 2.80. The second kappa shape index (κ2) is 7.31. The molecule has 0 radical (unpaired) electrons. The van der Waals surface area contributed by atoms with Crippen LogP contribution in [0.15, 0.2) is 24.3 Å². The Bertz CT molecular complexity index is 495. The maximum atomic E-state index is 11.8. The average Bonchev–Trinajstić information content (AvgIpc) is 2.37. The predicted octanol–water partition coefficient (Wildman–Crippen LogP) is 2.94. The van der Waals surface area contributed by atoms with Crippen molar-refractivity contribution >= 4 is 23.6 Å². The van der Waals surface area contributed by atoms with Crippen molar-refractivity contribution in [2.24, 2.45) is 0 Å². The van der Waals surface area contributed by atoms with Crippen LogP contribution in [0.4, 0.5) is 4.79 Å². The number of carbonyl (C=O) groups is 2. The molecule has 5 nitrogen and oxygen atoms in total. The molecule has 6 heteroatoms. The zero-order valence-corrected chi connectivity index (χ0v) is 13.5. The van der Waals surface area contributed by atoms with Crippen LogP contribution in [0.25, 0.3) is 0 Å². The summed E-state index contributed by atoms with van der Waals surface area (Å²) in [5.74, 6) is -0.204. The van der Waals surface area contributed by atoms with Gasteiger partial charge in [0.25, 0.3) is 5.91 Å². The van der Waals surface area contributed by atoms with E-state index in [4.69, 9.17) is 16.3 Å². The second-order valence-corrected chi connectivity index (χ2v) is 6.10. The molecule has 0 heterocycles. The lowest BCUT2D eigenvalue weighted by molar-refractivity contribution is 0.0299. The third-order valence-electron chi connectivity index (χ3n) is 2.54. The number of rotatable bonds is 4. The highest BCUT2D eigenvalue weighted by molar-refractivity contribution is 6.30. The zero-order chi connectivity index (χ0) is 16.0. The van der Waals surface area contributed by atoms with E-state index in [0.717, 1.165) is 0 Å². The Morgan fingerprint density at radius 2 is 1.81 bits per heavy atom. The summed E-state index contributed by atoms with van der Waals surface area (Å²) in [5, 5.41) is 3.32. The number of ether oxygens (including phenoxy) is 1. The highest BCUT2D eigenvalue weighted by Gasteiger charge is 2.19. The van der Waals surface area contributed by atoms with E-state index in [9.17, 15) is 9.59 Å². The molecule has 1 aromatic rings. The molecule has 2 amide bonds. The van der Waals surface area contributed by atoms with Crippen molar-refractivity contribution in [2.45, 2.75) is 26.4 Å². The average molecular weight is 313 g/mol. The van der Waals surface area contributed by atoms with Gasteiger partial charge in [-0.3, -0.25) is 4.79 Å². The zero-order valence-electron chi connectivity index (χ0n) is 12.8. The first-order chi connectivity index (χ1) is 9.69. The van der Waals surface area contributed by atoms with Crippen LogP contribution in [-0.2, 0) is 4.74 Å². The Balaban J connectivity index is 2.37. The van der Waals surface area contributed by atoms with E-state index in [1.54, 1.807) is 52.1 Å². The number of nitrogens with zero attached hydrogens (tertiary/aromatic N) is 1. The van der Waals surface area contributed by atoms with E-state index in [2.05, 4.69) is 5.32 Å². The van der Waals surface area contributed by atoms with Crippen LogP contribution in [-0.4, -0.2) is 42.6 Å². The molecule has 21 heavy (non-hydrogen) atoms. The van der Waals surface area contributed by atoms with Crippen molar-refractivity contribution in [3.05, 3.63) is 34.9 Å². The molecule has 0 spiro atoms. The van der Waals surface area contributed by atoms with Crippen LogP contribution in [0.5, 0.6) is 0 Å². The topological polar surface area (TPSA) is 58.6 Å². The minimum atomic E-state index is -0.530. The van der Waals surface area contributed by atoms with Gasteiger partial charge in [-0.15, -0.1) is 0 Å². The molecular formula is C15H21ClN2O3. The highest BCUT2D eigenvalue weighted by atomic mass is 35.5. The van der Waals surface area contributed by atoms with Gasteiger partial charge < -0.3 is 15.0 Å². The summed E-state index contributed by atoms with van der Waals surface area (Å²) < 4.78 is 5.21.